The Balaban J connectivity index is 1.76. The maximum atomic E-state index is 11.9. The van der Waals surface area contributed by atoms with E-state index in [2.05, 4.69) is 5.32 Å². The van der Waals surface area contributed by atoms with Gasteiger partial charge >= 0.3 is 0 Å². The Bertz CT molecular complexity index is 668. The maximum absolute atomic E-state index is 11.9. The average Bonchev–Trinajstić information content (AvgIpc) is 3.12. The summed E-state index contributed by atoms with van der Waals surface area (Å²) in [5.74, 6) is 3.83. The number of hydrogen-bond donors (Lipinski definition) is 1. The van der Waals surface area contributed by atoms with Crippen molar-refractivity contribution in [2.45, 2.75) is 5.75 Å². The van der Waals surface area contributed by atoms with Gasteiger partial charge in [-0.05, 0) is 36.4 Å². The summed E-state index contributed by atoms with van der Waals surface area (Å²) >= 11 is 1.71. The highest BCUT2D eigenvalue weighted by Crippen LogP contribution is 2.24. The highest BCUT2D eigenvalue weighted by molar-refractivity contribution is 7.98. The second-order valence-corrected chi connectivity index (χ2v) is 5.97. The first-order valence-electron chi connectivity index (χ1n) is 7.51. The van der Waals surface area contributed by atoms with E-state index in [0.717, 1.165) is 22.8 Å². The number of carbonyl (C=O) groups excluding carboxylic acids is 1. The van der Waals surface area contributed by atoms with Gasteiger partial charge in [-0.15, -0.1) is 0 Å². The molecule has 0 atom stereocenters. The lowest BCUT2D eigenvalue weighted by Gasteiger charge is -2.07. The van der Waals surface area contributed by atoms with E-state index in [4.69, 9.17) is 13.9 Å². The molecule has 1 aromatic carbocycles. The molecule has 0 bridgehead atoms. The van der Waals surface area contributed by atoms with Gasteiger partial charge in [0.1, 0.15) is 17.3 Å². The zero-order valence-electron chi connectivity index (χ0n) is 13.8. The molecule has 0 aliphatic carbocycles. The van der Waals surface area contributed by atoms with Crippen LogP contribution in [0.3, 0.4) is 0 Å². The molecule has 6 heteroatoms. The van der Waals surface area contributed by atoms with Crippen LogP contribution in [0.2, 0.25) is 0 Å². The Labute approximate surface area is 146 Å². The molecule has 0 spiro atoms. The molecule has 1 N–H and O–H groups in total. The number of rotatable bonds is 9. The SMILES string of the molecule is COc1ccc(OC)c(/C=C/C(=O)NCCSCc2ccco2)c1. The Kier molecular flexibility index (Phi) is 7.29. The molecule has 1 heterocycles. The molecule has 0 unspecified atom stereocenters. The summed E-state index contributed by atoms with van der Waals surface area (Å²) in [4.78, 5) is 11.9. The minimum absolute atomic E-state index is 0.140. The number of furan rings is 1. The van der Waals surface area contributed by atoms with E-state index < -0.39 is 0 Å². The van der Waals surface area contributed by atoms with E-state index in [9.17, 15) is 4.79 Å². The second-order valence-electron chi connectivity index (χ2n) is 4.86. The maximum Gasteiger partial charge on any atom is 0.244 e. The number of benzene rings is 1. The lowest BCUT2D eigenvalue weighted by atomic mass is 10.1. The third-order valence-corrected chi connectivity index (χ3v) is 4.20. The van der Waals surface area contributed by atoms with Crippen LogP contribution in [0.25, 0.3) is 6.08 Å². The fourth-order valence-electron chi connectivity index (χ4n) is 2.01. The topological polar surface area (TPSA) is 60.7 Å². The molecular formula is C18H21NO4S. The number of nitrogens with one attached hydrogen (secondary N) is 1. The van der Waals surface area contributed by atoms with Crippen molar-refractivity contribution >= 4 is 23.7 Å². The Morgan fingerprint density at radius 2 is 2.17 bits per heavy atom. The van der Waals surface area contributed by atoms with Crippen molar-refractivity contribution in [1.29, 1.82) is 0 Å². The van der Waals surface area contributed by atoms with Crippen LogP contribution >= 0.6 is 11.8 Å². The Hall–Kier alpha value is -2.34. The number of amides is 1. The molecule has 0 saturated carbocycles. The number of ether oxygens (including phenoxy) is 2. The van der Waals surface area contributed by atoms with Crippen molar-refractivity contribution < 1.29 is 18.7 Å². The fourth-order valence-corrected chi connectivity index (χ4v) is 2.76. The molecule has 1 aromatic heterocycles. The molecule has 0 aliphatic rings. The molecule has 0 aliphatic heterocycles. The third-order valence-electron chi connectivity index (χ3n) is 3.22. The molecule has 5 nitrogen and oxygen atoms in total. The molecule has 128 valence electrons. The first kappa shape index (κ1) is 18.0. The standard InChI is InChI=1S/C18H21NO4S/c1-21-15-6-7-17(22-2)14(12-15)5-8-18(20)19-9-11-24-13-16-4-3-10-23-16/h3-8,10,12H,9,11,13H2,1-2H3,(H,19,20)/b8-5+. The minimum Gasteiger partial charge on any atom is -0.497 e. The zero-order chi connectivity index (χ0) is 17.2. The summed E-state index contributed by atoms with van der Waals surface area (Å²) in [5, 5.41) is 2.85. The van der Waals surface area contributed by atoms with Crippen LogP contribution in [0.15, 0.2) is 47.1 Å². The summed E-state index contributed by atoms with van der Waals surface area (Å²) in [6.45, 7) is 0.601. The molecule has 0 fully saturated rings. The first-order chi connectivity index (χ1) is 11.7. The van der Waals surface area contributed by atoms with Crippen LogP contribution in [0.1, 0.15) is 11.3 Å². The van der Waals surface area contributed by atoms with Crippen LogP contribution in [0.5, 0.6) is 11.5 Å². The van der Waals surface area contributed by atoms with E-state index in [-0.39, 0.29) is 5.91 Å². The Morgan fingerprint density at radius 1 is 1.29 bits per heavy atom. The highest BCUT2D eigenvalue weighted by atomic mass is 32.2. The Morgan fingerprint density at radius 3 is 2.88 bits per heavy atom. The van der Waals surface area contributed by atoms with Gasteiger partial charge in [0.15, 0.2) is 0 Å². The summed E-state index contributed by atoms with van der Waals surface area (Å²) in [5.41, 5.74) is 0.791. The van der Waals surface area contributed by atoms with Crippen LogP contribution in [-0.2, 0) is 10.5 Å². The quantitative estimate of drug-likeness (QED) is 0.557. The zero-order valence-corrected chi connectivity index (χ0v) is 14.6. The van der Waals surface area contributed by atoms with Gasteiger partial charge in [-0.2, -0.15) is 11.8 Å². The van der Waals surface area contributed by atoms with E-state index in [1.807, 2.05) is 30.3 Å². The molecule has 2 aromatic rings. The van der Waals surface area contributed by atoms with Crippen molar-refractivity contribution in [2.75, 3.05) is 26.5 Å². The van der Waals surface area contributed by atoms with Gasteiger partial charge in [0, 0.05) is 23.9 Å². The van der Waals surface area contributed by atoms with Gasteiger partial charge in [0.2, 0.25) is 5.91 Å². The fraction of sp³-hybridized carbons (Fsp3) is 0.278. The monoisotopic (exact) mass is 347 g/mol. The summed E-state index contributed by atoms with van der Waals surface area (Å²) < 4.78 is 15.7. The lowest BCUT2D eigenvalue weighted by Crippen LogP contribution is -2.23. The van der Waals surface area contributed by atoms with Crippen LogP contribution in [0, 0.1) is 0 Å². The normalized spacial score (nSPS) is 10.8. The van der Waals surface area contributed by atoms with Gasteiger partial charge < -0.3 is 19.2 Å². The van der Waals surface area contributed by atoms with Crippen molar-refractivity contribution in [3.8, 4) is 11.5 Å². The van der Waals surface area contributed by atoms with Crippen LogP contribution in [-0.4, -0.2) is 32.4 Å². The number of methoxy groups -OCH3 is 2. The molecule has 2 rings (SSSR count). The van der Waals surface area contributed by atoms with E-state index in [1.165, 1.54) is 6.08 Å². The predicted molar refractivity (Wildman–Crippen MR) is 96.5 cm³/mol. The van der Waals surface area contributed by atoms with Gasteiger partial charge in [-0.1, -0.05) is 0 Å². The van der Waals surface area contributed by atoms with Gasteiger partial charge in [-0.25, -0.2) is 0 Å². The number of thioether (sulfide) groups is 1. The summed E-state index contributed by atoms with van der Waals surface area (Å²) in [6.07, 6.45) is 4.87. The van der Waals surface area contributed by atoms with Crippen LogP contribution < -0.4 is 14.8 Å². The van der Waals surface area contributed by atoms with Crippen LogP contribution in [0.4, 0.5) is 0 Å². The van der Waals surface area contributed by atoms with Crippen molar-refractivity contribution in [1.82, 2.24) is 5.32 Å². The number of carbonyl (C=O) groups is 1. The first-order valence-corrected chi connectivity index (χ1v) is 8.66. The molecule has 1 amide bonds. The summed E-state index contributed by atoms with van der Waals surface area (Å²) in [6, 6.07) is 9.25. The minimum atomic E-state index is -0.140. The van der Waals surface area contributed by atoms with Crippen molar-refractivity contribution in [3.63, 3.8) is 0 Å². The van der Waals surface area contributed by atoms with E-state index in [0.29, 0.717) is 18.0 Å². The smallest absolute Gasteiger partial charge is 0.244 e. The average molecular weight is 347 g/mol. The van der Waals surface area contributed by atoms with Crippen molar-refractivity contribution in [2.24, 2.45) is 0 Å². The van der Waals surface area contributed by atoms with E-state index >= 15 is 0 Å². The van der Waals surface area contributed by atoms with Crippen molar-refractivity contribution in [3.05, 3.63) is 54.0 Å². The summed E-state index contributed by atoms with van der Waals surface area (Å²) in [7, 11) is 3.19. The number of hydrogen-bond acceptors (Lipinski definition) is 5. The third kappa shape index (κ3) is 5.70. The molecule has 24 heavy (non-hydrogen) atoms. The van der Waals surface area contributed by atoms with Gasteiger partial charge in [0.25, 0.3) is 0 Å². The van der Waals surface area contributed by atoms with Gasteiger partial charge in [-0.3, -0.25) is 4.79 Å². The largest absolute Gasteiger partial charge is 0.497 e. The molecule has 0 radical (unpaired) electrons. The van der Waals surface area contributed by atoms with E-state index in [1.54, 1.807) is 38.3 Å². The van der Waals surface area contributed by atoms with Gasteiger partial charge in [0.05, 0.1) is 26.2 Å². The highest BCUT2D eigenvalue weighted by Gasteiger charge is 2.03. The molecule has 0 saturated heterocycles. The predicted octanol–water partition coefficient (Wildman–Crippen LogP) is 3.36. The lowest BCUT2D eigenvalue weighted by molar-refractivity contribution is -0.116. The second kappa shape index (κ2) is 9.72. The molecular weight excluding hydrogens is 326 g/mol.